The Morgan fingerprint density at radius 2 is 1.79 bits per heavy atom. The van der Waals surface area contributed by atoms with Crippen molar-refractivity contribution in [1.29, 1.82) is 0 Å². The summed E-state index contributed by atoms with van der Waals surface area (Å²) in [5.74, 6) is 0. The smallest absolute Gasteiger partial charge is 0.322 e. The molecule has 0 saturated carbocycles. The van der Waals surface area contributed by atoms with Crippen molar-refractivity contribution in [3.05, 3.63) is 75.0 Å². The van der Waals surface area contributed by atoms with E-state index in [1.54, 1.807) is 17.0 Å². The van der Waals surface area contributed by atoms with Gasteiger partial charge in [-0.05, 0) is 73.8 Å². The molecule has 0 spiro atoms. The van der Waals surface area contributed by atoms with E-state index < -0.39 is 0 Å². The third kappa shape index (κ3) is 6.59. The molecule has 2 aromatic carbocycles. The Balaban J connectivity index is 1.84. The van der Waals surface area contributed by atoms with Crippen LogP contribution in [0.25, 0.3) is 10.9 Å². The number of H-pyrrole nitrogens is 1. The summed E-state index contributed by atoms with van der Waals surface area (Å²) in [5, 5.41) is 4.35. The molecule has 1 heterocycles. The SMILES string of the molecule is CCc1ccc2[nH]c(=O)c(CN(CCCN(CC)CC)C(=O)Nc3ccccc3Cl)cc2c1. The van der Waals surface area contributed by atoms with E-state index in [4.69, 9.17) is 11.6 Å². The summed E-state index contributed by atoms with van der Waals surface area (Å²) in [7, 11) is 0. The monoisotopic (exact) mass is 468 g/mol. The highest BCUT2D eigenvalue weighted by Gasteiger charge is 2.18. The number of carbonyl (C=O) groups excluding carboxylic acids is 1. The molecule has 2 amide bonds. The van der Waals surface area contributed by atoms with E-state index in [0.717, 1.165) is 43.4 Å². The average Bonchev–Trinajstić information content (AvgIpc) is 2.82. The lowest BCUT2D eigenvalue weighted by Gasteiger charge is -2.25. The number of pyridine rings is 1. The molecular weight excluding hydrogens is 436 g/mol. The van der Waals surface area contributed by atoms with Crippen LogP contribution in [-0.4, -0.2) is 47.0 Å². The fourth-order valence-corrected chi connectivity index (χ4v) is 4.06. The molecule has 6 nitrogen and oxygen atoms in total. The Bertz CT molecular complexity index is 1140. The second kappa shape index (κ2) is 11.9. The number of aromatic amines is 1. The highest BCUT2D eigenvalue weighted by atomic mass is 35.5. The number of carbonyl (C=O) groups is 1. The lowest BCUT2D eigenvalue weighted by molar-refractivity contribution is 0.202. The zero-order valence-electron chi connectivity index (χ0n) is 19.7. The number of para-hydroxylation sites is 1. The summed E-state index contributed by atoms with van der Waals surface area (Å²) in [6.45, 7) is 9.92. The van der Waals surface area contributed by atoms with Gasteiger partial charge in [0.15, 0.2) is 0 Å². The number of amides is 2. The van der Waals surface area contributed by atoms with Gasteiger partial charge in [0.2, 0.25) is 0 Å². The number of aryl methyl sites for hydroxylation is 1. The van der Waals surface area contributed by atoms with Crippen molar-refractivity contribution in [3.8, 4) is 0 Å². The minimum absolute atomic E-state index is 0.175. The summed E-state index contributed by atoms with van der Waals surface area (Å²) < 4.78 is 0. The number of aromatic nitrogens is 1. The summed E-state index contributed by atoms with van der Waals surface area (Å²) in [6.07, 6.45) is 1.73. The third-order valence-electron chi connectivity index (χ3n) is 5.95. The van der Waals surface area contributed by atoms with Gasteiger partial charge in [0.25, 0.3) is 5.56 Å². The minimum atomic E-state index is -0.274. The van der Waals surface area contributed by atoms with Crippen molar-refractivity contribution >= 4 is 34.2 Å². The number of benzene rings is 2. The van der Waals surface area contributed by atoms with E-state index in [-0.39, 0.29) is 18.1 Å². The van der Waals surface area contributed by atoms with Crippen LogP contribution in [0.2, 0.25) is 5.02 Å². The van der Waals surface area contributed by atoms with Crippen molar-refractivity contribution in [1.82, 2.24) is 14.8 Å². The average molecular weight is 469 g/mol. The molecule has 3 aromatic rings. The number of nitrogens with one attached hydrogen (secondary N) is 2. The topological polar surface area (TPSA) is 68.4 Å². The highest BCUT2D eigenvalue weighted by molar-refractivity contribution is 6.33. The van der Waals surface area contributed by atoms with Crippen molar-refractivity contribution in [3.63, 3.8) is 0 Å². The summed E-state index contributed by atoms with van der Waals surface area (Å²) in [6, 6.07) is 14.8. The Morgan fingerprint density at radius 1 is 1.03 bits per heavy atom. The predicted molar refractivity (Wildman–Crippen MR) is 137 cm³/mol. The first-order valence-electron chi connectivity index (χ1n) is 11.6. The molecular formula is C26H33ClN4O2. The Kier molecular flexibility index (Phi) is 8.92. The van der Waals surface area contributed by atoms with Gasteiger partial charge in [0, 0.05) is 17.6 Å². The van der Waals surface area contributed by atoms with E-state index >= 15 is 0 Å². The zero-order chi connectivity index (χ0) is 23.8. The molecule has 33 heavy (non-hydrogen) atoms. The van der Waals surface area contributed by atoms with Gasteiger partial charge in [-0.15, -0.1) is 0 Å². The number of hydrogen-bond donors (Lipinski definition) is 2. The first kappa shape index (κ1) is 24.8. The maximum atomic E-state index is 13.2. The number of nitrogens with zero attached hydrogens (tertiary/aromatic N) is 2. The fraction of sp³-hybridized carbons (Fsp3) is 0.385. The standard InChI is InChI=1S/C26H33ClN4O2/c1-4-19-12-13-23-20(16-19)17-21(25(32)28-23)18-31(15-9-14-30(5-2)6-3)26(33)29-24-11-8-7-10-22(24)27/h7-8,10-13,16-17H,4-6,9,14-15,18H2,1-3H3,(H,28,32)(H,29,33). The first-order chi connectivity index (χ1) is 15.9. The molecule has 0 unspecified atom stereocenters. The lowest BCUT2D eigenvalue weighted by atomic mass is 10.1. The molecule has 3 rings (SSSR count). The van der Waals surface area contributed by atoms with Crippen LogP contribution in [0.1, 0.15) is 38.3 Å². The molecule has 2 N–H and O–H groups in total. The Hall–Kier alpha value is -2.83. The number of anilines is 1. The molecule has 0 aliphatic heterocycles. The molecule has 0 saturated heterocycles. The third-order valence-corrected chi connectivity index (χ3v) is 6.28. The number of fused-ring (bicyclic) bond motifs is 1. The molecule has 0 atom stereocenters. The highest BCUT2D eigenvalue weighted by Crippen LogP contribution is 2.21. The quantitative estimate of drug-likeness (QED) is 0.412. The molecule has 0 fully saturated rings. The molecule has 0 aliphatic rings. The van der Waals surface area contributed by atoms with E-state index in [0.29, 0.717) is 22.8 Å². The van der Waals surface area contributed by atoms with Crippen LogP contribution in [0, 0.1) is 0 Å². The van der Waals surface area contributed by atoms with Gasteiger partial charge in [0.05, 0.1) is 17.3 Å². The maximum absolute atomic E-state index is 13.2. The second-order valence-corrected chi connectivity index (χ2v) is 8.52. The van der Waals surface area contributed by atoms with Crippen LogP contribution in [0.3, 0.4) is 0 Å². The first-order valence-corrected chi connectivity index (χ1v) is 12.0. The van der Waals surface area contributed by atoms with Crippen LogP contribution in [0.4, 0.5) is 10.5 Å². The largest absolute Gasteiger partial charge is 0.322 e. The molecule has 176 valence electrons. The molecule has 1 aromatic heterocycles. The molecule has 0 radical (unpaired) electrons. The summed E-state index contributed by atoms with van der Waals surface area (Å²) in [5.41, 5.74) is 2.94. The van der Waals surface area contributed by atoms with Gasteiger partial charge in [-0.1, -0.05) is 50.6 Å². The van der Waals surface area contributed by atoms with E-state index in [9.17, 15) is 9.59 Å². The van der Waals surface area contributed by atoms with Crippen LogP contribution >= 0.6 is 11.6 Å². The normalized spacial score (nSPS) is 11.2. The van der Waals surface area contributed by atoms with Gasteiger partial charge < -0.3 is 20.1 Å². The second-order valence-electron chi connectivity index (χ2n) is 8.11. The van der Waals surface area contributed by atoms with Crippen molar-refractivity contribution in [2.24, 2.45) is 0 Å². The van der Waals surface area contributed by atoms with Crippen molar-refractivity contribution < 1.29 is 4.79 Å². The predicted octanol–water partition coefficient (Wildman–Crippen LogP) is 5.51. The maximum Gasteiger partial charge on any atom is 0.322 e. The van der Waals surface area contributed by atoms with Gasteiger partial charge in [-0.25, -0.2) is 4.79 Å². The van der Waals surface area contributed by atoms with Crippen LogP contribution in [0.5, 0.6) is 0 Å². The fourth-order valence-electron chi connectivity index (χ4n) is 3.88. The minimum Gasteiger partial charge on any atom is -0.322 e. The van der Waals surface area contributed by atoms with Crippen LogP contribution in [0.15, 0.2) is 53.3 Å². The zero-order valence-corrected chi connectivity index (χ0v) is 20.4. The van der Waals surface area contributed by atoms with Gasteiger partial charge in [-0.3, -0.25) is 4.79 Å². The van der Waals surface area contributed by atoms with E-state index in [1.165, 1.54) is 5.56 Å². The molecule has 0 aliphatic carbocycles. The Morgan fingerprint density at radius 3 is 2.48 bits per heavy atom. The summed E-state index contributed by atoms with van der Waals surface area (Å²) in [4.78, 5) is 32.9. The van der Waals surface area contributed by atoms with Gasteiger partial charge in [-0.2, -0.15) is 0 Å². The number of urea groups is 1. The van der Waals surface area contributed by atoms with Gasteiger partial charge in [0.1, 0.15) is 0 Å². The number of halogens is 1. The summed E-state index contributed by atoms with van der Waals surface area (Å²) >= 11 is 6.24. The van der Waals surface area contributed by atoms with Crippen molar-refractivity contribution in [2.45, 2.75) is 40.2 Å². The number of hydrogen-bond acceptors (Lipinski definition) is 3. The van der Waals surface area contributed by atoms with E-state index in [2.05, 4.69) is 42.0 Å². The Labute approximate surface area is 200 Å². The molecule has 7 heteroatoms. The lowest BCUT2D eigenvalue weighted by Crippen LogP contribution is -2.38. The number of rotatable bonds is 10. The van der Waals surface area contributed by atoms with Crippen LogP contribution < -0.4 is 10.9 Å². The molecule has 0 bridgehead atoms. The van der Waals surface area contributed by atoms with Crippen LogP contribution in [-0.2, 0) is 13.0 Å². The van der Waals surface area contributed by atoms with Crippen molar-refractivity contribution in [2.75, 3.05) is 31.5 Å². The van der Waals surface area contributed by atoms with Gasteiger partial charge >= 0.3 is 6.03 Å². The van der Waals surface area contributed by atoms with E-state index in [1.807, 2.05) is 30.3 Å².